The number of rotatable bonds is 5. The molecule has 2 aliphatic rings. The molecule has 28 heavy (non-hydrogen) atoms. The quantitative estimate of drug-likeness (QED) is 0.590. The minimum atomic E-state index is -1.23. The number of aliphatic hydroxyl groups is 1. The van der Waals surface area contributed by atoms with E-state index >= 15 is 0 Å². The first-order valence-electron chi connectivity index (χ1n) is 9.92. The average Bonchev–Trinajstić information content (AvgIpc) is 2.65. The zero-order valence-electron chi connectivity index (χ0n) is 16.4. The Balaban J connectivity index is 1.70. The number of amides is 1. The van der Waals surface area contributed by atoms with E-state index in [-0.39, 0.29) is 12.5 Å². The number of piperidine rings is 1. The molecule has 2 fully saturated rings. The van der Waals surface area contributed by atoms with Gasteiger partial charge in [-0.05, 0) is 39.2 Å². The van der Waals surface area contributed by atoms with Crippen LogP contribution in [0.3, 0.4) is 0 Å². The number of hydrogen-bond acceptors (Lipinski definition) is 6. The van der Waals surface area contributed by atoms with E-state index in [0.717, 1.165) is 12.8 Å². The van der Waals surface area contributed by atoms with Gasteiger partial charge in [0.2, 0.25) is 5.91 Å². The van der Waals surface area contributed by atoms with Gasteiger partial charge in [-0.15, -0.1) is 0 Å². The van der Waals surface area contributed by atoms with Crippen molar-refractivity contribution < 1.29 is 14.6 Å². The summed E-state index contributed by atoms with van der Waals surface area (Å²) in [5.74, 6) is 0.138. The summed E-state index contributed by atoms with van der Waals surface area (Å²) < 4.78 is 7.46. The molecule has 1 amide bonds. The molecule has 9 heteroatoms. The fourth-order valence-electron chi connectivity index (χ4n) is 4.19. The summed E-state index contributed by atoms with van der Waals surface area (Å²) in [5, 5.41) is 10.8. The Morgan fingerprint density at radius 1 is 1.36 bits per heavy atom. The zero-order valence-corrected chi connectivity index (χ0v) is 16.4. The van der Waals surface area contributed by atoms with Gasteiger partial charge >= 0.3 is 5.69 Å². The molecule has 0 unspecified atom stereocenters. The van der Waals surface area contributed by atoms with E-state index in [2.05, 4.69) is 4.98 Å². The smallest absolute Gasteiger partial charge is 0.328 e. The van der Waals surface area contributed by atoms with Crippen molar-refractivity contribution in [3.05, 3.63) is 33.1 Å². The van der Waals surface area contributed by atoms with Gasteiger partial charge < -0.3 is 20.5 Å². The van der Waals surface area contributed by atoms with Crippen LogP contribution in [0.25, 0.3) is 0 Å². The standard InChI is InChI=1S/C19H30N4O5/c1-18(27)13-28-19(12-14(18)23-9-5-15(24)21-17(23)26)6-10-22(11-7-19)16(25)4-2-3-8-20/h5,9,14,27H,2-4,6-8,10-13,20H2,1H3,(H,21,24,26)/t14-,18-/m0/s1. The third-order valence-corrected chi connectivity index (χ3v) is 6.01. The van der Waals surface area contributed by atoms with Gasteiger partial charge in [0.15, 0.2) is 0 Å². The minimum absolute atomic E-state index is 0.0910. The van der Waals surface area contributed by atoms with Crippen LogP contribution in [0.15, 0.2) is 21.9 Å². The maximum absolute atomic E-state index is 12.3. The second-order valence-electron chi connectivity index (χ2n) is 8.19. The molecule has 0 bridgehead atoms. The average molecular weight is 394 g/mol. The highest BCUT2D eigenvalue weighted by molar-refractivity contribution is 5.76. The number of carbonyl (C=O) groups excluding carboxylic acids is 1. The van der Waals surface area contributed by atoms with Crippen LogP contribution in [0, 0.1) is 0 Å². The number of nitrogens with two attached hydrogens (primary N) is 1. The molecule has 3 rings (SSSR count). The van der Waals surface area contributed by atoms with Gasteiger partial charge in [-0.25, -0.2) is 4.79 Å². The van der Waals surface area contributed by atoms with Crippen molar-refractivity contribution in [1.29, 1.82) is 0 Å². The molecular weight excluding hydrogens is 364 g/mol. The second kappa shape index (κ2) is 8.18. The van der Waals surface area contributed by atoms with Crippen LogP contribution in [0.5, 0.6) is 0 Å². The Morgan fingerprint density at radius 2 is 2.07 bits per heavy atom. The fourth-order valence-corrected chi connectivity index (χ4v) is 4.19. The van der Waals surface area contributed by atoms with Crippen LogP contribution >= 0.6 is 0 Å². The molecule has 1 aromatic rings. The lowest BCUT2D eigenvalue weighted by Gasteiger charge is -2.51. The number of nitrogens with one attached hydrogen (secondary N) is 1. The lowest BCUT2D eigenvalue weighted by molar-refractivity contribution is -0.202. The predicted molar refractivity (Wildman–Crippen MR) is 103 cm³/mol. The second-order valence-corrected chi connectivity index (χ2v) is 8.19. The van der Waals surface area contributed by atoms with Gasteiger partial charge in [0.25, 0.3) is 5.56 Å². The Bertz CT molecular complexity index is 807. The SMILES string of the molecule is C[C@]1(O)COC2(CCN(C(=O)CCCCN)CC2)C[C@@H]1n1ccc(=O)[nH]c1=O. The van der Waals surface area contributed by atoms with E-state index in [1.807, 2.05) is 4.90 Å². The molecule has 3 heterocycles. The molecule has 0 aliphatic carbocycles. The van der Waals surface area contributed by atoms with E-state index in [0.29, 0.717) is 45.3 Å². The summed E-state index contributed by atoms with van der Waals surface area (Å²) in [5.41, 5.74) is 2.75. The van der Waals surface area contributed by atoms with E-state index in [1.54, 1.807) is 6.92 Å². The Morgan fingerprint density at radius 3 is 2.71 bits per heavy atom. The highest BCUT2D eigenvalue weighted by Crippen LogP contribution is 2.43. The maximum Gasteiger partial charge on any atom is 0.328 e. The maximum atomic E-state index is 12.3. The molecule has 1 spiro atoms. The number of aromatic amines is 1. The van der Waals surface area contributed by atoms with Crippen LogP contribution in [-0.2, 0) is 9.53 Å². The number of hydrogen-bond donors (Lipinski definition) is 3. The highest BCUT2D eigenvalue weighted by atomic mass is 16.5. The van der Waals surface area contributed by atoms with E-state index in [4.69, 9.17) is 10.5 Å². The topological polar surface area (TPSA) is 131 Å². The molecule has 156 valence electrons. The Kier molecular flexibility index (Phi) is 6.07. The Labute approximate surface area is 163 Å². The predicted octanol–water partition coefficient (Wildman–Crippen LogP) is -0.261. The highest BCUT2D eigenvalue weighted by Gasteiger charge is 2.49. The lowest BCUT2D eigenvalue weighted by Crippen LogP contribution is -2.58. The van der Waals surface area contributed by atoms with Crippen molar-refractivity contribution in [2.24, 2.45) is 5.73 Å². The molecular formula is C19H30N4O5. The minimum Gasteiger partial charge on any atom is -0.386 e. The lowest BCUT2D eigenvalue weighted by atomic mass is 9.77. The molecule has 4 N–H and O–H groups in total. The third-order valence-electron chi connectivity index (χ3n) is 6.01. The molecule has 2 atom stereocenters. The van der Waals surface area contributed by atoms with Crippen molar-refractivity contribution in [3.8, 4) is 0 Å². The van der Waals surface area contributed by atoms with Crippen molar-refractivity contribution in [3.63, 3.8) is 0 Å². The summed E-state index contributed by atoms with van der Waals surface area (Å²) in [6.07, 6.45) is 5.33. The van der Waals surface area contributed by atoms with Gasteiger partial charge in [-0.1, -0.05) is 0 Å². The van der Waals surface area contributed by atoms with E-state index < -0.39 is 28.5 Å². The summed E-state index contributed by atoms with van der Waals surface area (Å²) in [7, 11) is 0. The van der Waals surface area contributed by atoms with Crippen LogP contribution in [0.2, 0.25) is 0 Å². The van der Waals surface area contributed by atoms with Crippen LogP contribution in [0.4, 0.5) is 0 Å². The van der Waals surface area contributed by atoms with E-state index in [9.17, 15) is 19.5 Å². The summed E-state index contributed by atoms with van der Waals surface area (Å²) >= 11 is 0. The number of aromatic nitrogens is 2. The number of likely N-dealkylation sites (tertiary alicyclic amines) is 1. The molecule has 9 nitrogen and oxygen atoms in total. The molecule has 0 aromatic carbocycles. The van der Waals surface area contributed by atoms with Crippen LogP contribution in [0.1, 0.15) is 51.5 Å². The first-order chi connectivity index (χ1) is 13.3. The van der Waals surface area contributed by atoms with Gasteiger partial charge in [0.05, 0.1) is 18.2 Å². The van der Waals surface area contributed by atoms with Crippen molar-refractivity contribution in [1.82, 2.24) is 14.5 Å². The number of ether oxygens (including phenoxy) is 1. The third kappa shape index (κ3) is 4.37. The van der Waals surface area contributed by atoms with Crippen LogP contribution in [-0.4, -0.2) is 62.9 Å². The van der Waals surface area contributed by atoms with Gasteiger partial charge in [0, 0.05) is 38.2 Å². The molecule has 2 aliphatic heterocycles. The van der Waals surface area contributed by atoms with Crippen molar-refractivity contribution in [2.75, 3.05) is 26.2 Å². The molecule has 0 radical (unpaired) electrons. The number of H-pyrrole nitrogens is 1. The van der Waals surface area contributed by atoms with E-state index in [1.165, 1.54) is 16.8 Å². The number of unbranched alkanes of at least 4 members (excludes halogenated alkanes) is 1. The largest absolute Gasteiger partial charge is 0.386 e. The Hall–Kier alpha value is -1.97. The van der Waals surface area contributed by atoms with Gasteiger partial charge in [0.1, 0.15) is 5.60 Å². The zero-order chi connectivity index (χ0) is 20.4. The van der Waals surface area contributed by atoms with Gasteiger partial charge in [-0.2, -0.15) is 0 Å². The van der Waals surface area contributed by atoms with Crippen molar-refractivity contribution >= 4 is 5.91 Å². The number of nitrogens with zero attached hydrogens (tertiary/aromatic N) is 2. The normalized spacial score (nSPS) is 27.1. The summed E-state index contributed by atoms with van der Waals surface area (Å²) in [6.45, 7) is 3.51. The first kappa shape index (κ1) is 20.8. The monoisotopic (exact) mass is 394 g/mol. The fraction of sp³-hybridized carbons (Fsp3) is 0.737. The van der Waals surface area contributed by atoms with Crippen molar-refractivity contribution in [2.45, 2.75) is 62.7 Å². The molecule has 2 saturated heterocycles. The number of carbonyl (C=O) groups is 1. The molecule has 1 aromatic heterocycles. The summed E-state index contributed by atoms with van der Waals surface area (Å²) in [4.78, 5) is 40.1. The van der Waals surface area contributed by atoms with Gasteiger partial charge in [-0.3, -0.25) is 19.1 Å². The summed E-state index contributed by atoms with van der Waals surface area (Å²) in [6, 6.07) is 0.764. The first-order valence-corrected chi connectivity index (χ1v) is 9.92. The molecule has 0 saturated carbocycles. The van der Waals surface area contributed by atoms with Crippen LogP contribution < -0.4 is 17.0 Å².